The van der Waals surface area contributed by atoms with Gasteiger partial charge in [-0.05, 0) is 30.5 Å². The van der Waals surface area contributed by atoms with E-state index >= 15 is 0 Å². The second-order valence-electron chi connectivity index (χ2n) is 4.20. The summed E-state index contributed by atoms with van der Waals surface area (Å²) in [6.07, 6.45) is 0.573. The number of ether oxygens (including phenoxy) is 1. The van der Waals surface area contributed by atoms with Crippen LogP contribution in [-0.4, -0.2) is 23.3 Å². The summed E-state index contributed by atoms with van der Waals surface area (Å²) >= 11 is 0. The second-order valence-corrected chi connectivity index (χ2v) is 4.20. The average molecular weight is 222 g/mol. The average Bonchev–Trinajstić information content (AvgIpc) is 2.24. The maximum Gasteiger partial charge on any atom is 0.306 e. The minimum absolute atomic E-state index is 0.286. The van der Waals surface area contributed by atoms with Crippen LogP contribution in [0.2, 0.25) is 0 Å². The molecule has 86 valence electrons. The lowest BCUT2D eigenvalue weighted by Gasteiger charge is -2.41. The highest BCUT2D eigenvalue weighted by atomic mass is 16.5. The second kappa shape index (κ2) is 3.79. The van der Waals surface area contributed by atoms with E-state index in [1.165, 1.54) is 0 Å². The van der Waals surface area contributed by atoms with E-state index < -0.39 is 17.5 Å². The quantitative estimate of drug-likeness (QED) is 0.810. The minimum Gasteiger partial charge on any atom is -0.497 e. The van der Waals surface area contributed by atoms with Crippen molar-refractivity contribution in [3.05, 3.63) is 29.8 Å². The van der Waals surface area contributed by atoms with Crippen LogP contribution in [0.1, 0.15) is 18.4 Å². The van der Waals surface area contributed by atoms with Crippen molar-refractivity contribution < 1.29 is 19.7 Å². The topological polar surface area (TPSA) is 66.8 Å². The Kier molecular flexibility index (Phi) is 2.59. The molecule has 2 rings (SSSR count). The fourth-order valence-electron chi connectivity index (χ4n) is 2.07. The molecule has 0 unspecified atom stereocenters. The van der Waals surface area contributed by atoms with Gasteiger partial charge in [0.05, 0.1) is 18.6 Å². The molecule has 1 saturated carbocycles. The highest BCUT2D eigenvalue weighted by molar-refractivity contribution is 5.71. The summed E-state index contributed by atoms with van der Waals surface area (Å²) in [5.74, 6) is -0.535. The van der Waals surface area contributed by atoms with Crippen molar-refractivity contribution in [1.82, 2.24) is 0 Å². The molecule has 0 atom stereocenters. The SMILES string of the molecule is COc1ccc(C2(O)CC(C(=O)O)C2)cc1. The normalized spacial score (nSPS) is 28.2. The van der Waals surface area contributed by atoms with Gasteiger partial charge < -0.3 is 14.9 Å². The van der Waals surface area contributed by atoms with Crippen LogP contribution in [0.4, 0.5) is 0 Å². The molecule has 0 heterocycles. The molecule has 1 aromatic rings. The first-order valence-electron chi connectivity index (χ1n) is 5.15. The van der Waals surface area contributed by atoms with Gasteiger partial charge in [-0.1, -0.05) is 12.1 Å². The number of methoxy groups -OCH3 is 1. The first-order valence-corrected chi connectivity index (χ1v) is 5.15. The predicted octanol–water partition coefficient (Wildman–Crippen LogP) is 1.38. The molecule has 1 aromatic carbocycles. The third-order valence-electron chi connectivity index (χ3n) is 3.14. The molecule has 4 nitrogen and oxygen atoms in total. The number of carboxylic acids is 1. The van der Waals surface area contributed by atoms with Gasteiger partial charge in [-0.2, -0.15) is 0 Å². The molecule has 0 amide bonds. The van der Waals surface area contributed by atoms with Gasteiger partial charge in [-0.25, -0.2) is 0 Å². The summed E-state index contributed by atoms with van der Waals surface area (Å²) in [6, 6.07) is 7.08. The molecular formula is C12H14O4. The van der Waals surface area contributed by atoms with Crippen molar-refractivity contribution in [1.29, 1.82) is 0 Å². The van der Waals surface area contributed by atoms with E-state index in [4.69, 9.17) is 9.84 Å². The van der Waals surface area contributed by atoms with E-state index in [1.807, 2.05) is 0 Å². The van der Waals surface area contributed by atoms with Gasteiger partial charge in [0.25, 0.3) is 0 Å². The third-order valence-corrected chi connectivity index (χ3v) is 3.14. The maximum absolute atomic E-state index is 10.7. The number of aliphatic hydroxyl groups is 1. The Morgan fingerprint density at radius 3 is 2.38 bits per heavy atom. The molecule has 16 heavy (non-hydrogen) atoms. The Morgan fingerprint density at radius 2 is 1.94 bits per heavy atom. The summed E-state index contributed by atoms with van der Waals surface area (Å²) in [6.45, 7) is 0. The zero-order valence-electron chi connectivity index (χ0n) is 9.01. The summed E-state index contributed by atoms with van der Waals surface area (Å²) < 4.78 is 5.02. The van der Waals surface area contributed by atoms with Crippen LogP contribution >= 0.6 is 0 Å². The minimum atomic E-state index is -0.977. The van der Waals surface area contributed by atoms with Crippen LogP contribution in [0.25, 0.3) is 0 Å². The zero-order chi connectivity index (χ0) is 11.8. The van der Waals surface area contributed by atoms with Gasteiger partial charge >= 0.3 is 5.97 Å². The van der Waals surface area contributed by atoms with Crippen molar-refractivity contribution >= 4 is 5.97 Å². The Morgan fingerprint density at radius 1 is 1.38 bits per heavy atom. The molecule has 0 spiro atoms. The van der Waals surface area contributed by atoms with Crippen LogP contribution in [0, 0.1) is 5.92 Å². The molecule has 0 aliphatic heterocycles. The first kappa shape index (κ1) is 11.0. The molecule has 1 aliphatic rings. The lowest BCUT2D eigenvalue weighted by atomic mass is 9.67. The summed E-state index contributed by atoms with van der Waals surface area (Å²) in [7, 11) is 1.58. The Balaban J connectivity index is 2.10. The molecule has 1 fully saturated rings. The zero-order valence-corrected chi connectivity index (χ0v) is 9.01. The smallest absolute Gasteiger partial charge is 0.306 e. The van der Waals surface area contributed by atoms with Crippen LogP contribution in [-0.2, 0) is 10.4 Å². The van der Waals surface area contributed by atoms with E-state index in [0.29, 0.717) is 0 Å². The molecule has 0 radical (unpaired) electrons. The number of hydrogen-bond donors (Lipinski definition) is 2. The van der Waals surface area contributed by atoms with Crippen LogP contribution in [0.3, 0.4) is 0 Å². The van der Waals surface area contributed by atoms with E-state index in [0.717, 1.165) is 11.3 Å². The molecule has 0 saturated heterocycles. The molecular weight excluding hydrogens is 208 g/mol. The van der Waals surface area contributed by atoms with E-state index in [9.17, 15) is 9.90 Å². The van der Waals surface area contributed by atoms with Gasteiger partial charge in [-0.3, -0.25) is 4.79 Å². The van der Waals surface area contributed by atoms with Crippen molar-refractivity contribution in [2.45, 2.75) is 18.4 Å². The molecule has 0 bridgehead atoms. The fourth-order valence-corrected chi connectivity index (χ4v) is 2.07. The lowest BCUT2D eigenvalue weighted by Crippen LogP contribution is -2.44. The number of carboxylic acid groups (broad SMARTS) is 1. The van der Waals surface area contributed by atoms with Crippen molar-refractivity contribution in [3.63, 3.8) is 0 Å². The Labute approximate surface area is 93.5 Å². The molecule has 1 aliphatic carbocycles. The number of hydrogen-bond acceptors (Lipinski definition) is 3. The van der Waals surface area contributed by atoms with Gasteiger partial charge in [0, 0.05) is 0 Å². The lowest BCUT2D eigenvalue weighted by molar-refractivity contribution is -0.159. The van der Waals surface area contributed by atoms with Gasteiger partial charge in [0.1, 0.15) is 5.75 Å². The van der Waals surface area contributed by atoms with E-state index in [-0.39, 0.29) is 12.8 Å². The highest BCUT2D eigenvalue weighted by Crippen LogP contribution is 2.45. The van der Waals surface area contributed by atoms with Gasteiger partial charge in [0.15, 0.2) is 0 Å². The largest absolute Gasteiger partial charge is 0.497 e. The predicted molar refractivity (Wildman–Crippen MR) is 57.3 cm³/mol. The van der Waals surface area contributed by atoms with Crippen LogP contribution in [0.5, 0.6) is 5.75 Å². The standard InChI is InChI=1S/C12H14O4/c1-16-10-4-2-9(3-5-10)12(15)6-8(7-12)11(13)14/h2-5,8,15H,6-7H2,1H3,(H,13,14). The van der Waals surface area contributed by atoms with Gasteiger partial charge in [-0.15, -0.1) is 0 Å². The number of carbonyl (C=O) groups is 1. The number of aliphatic carboxylic acids is 1. The van der Waals surface area contributed by atoms with Crippen molar-refractivity contribution in [2.75, 3.05) is 7.11 Å². The van der Waals surface area contributed by atoms with Crippen molar-refractivity contribution in [3.8, 4) is 5.75 Å². The monoisotopic (exact) mass is 222 g/mol. The summed E-state index contributed by atoms with van der Waals surface area (Å²) in [5.41, 5.74) is -0.221. The number of benzene rings is 1. The Bertz CT molecular complexity index is 390. The first-order chi connectivity index (χ1) is 7.55. The van der Waals surface area contributed by atoms with Crippen LogP contribution < -0.4 is 4.74 Å². The third kappa shape index (κ3) is 1.76. The summed E-state index contributed by atoms with van der Waals surface area (Å²) in [4.78, 5) is 10.7. The fraction of sp³-hybridized carbons (Fsp3) is 0.417. The molecule has 2 N–H and O–H groups in total. The summed E-state index contributed by atoms with van der Waals surface area (Å²) in [5, 5.41) is 18.9. The molecule has 4 heteroatoms. The van der Waals surface area contributed by atoms with E-state index in [1.54, 1.807) is 31.4 Å². The molecule has 0 aromatic heterocycles. The maximum atomic E-state index is 10.7. The van der Waals surface area contributed by atoms with Gasteiger partial charge in [0.2, 0.25) is 0 Å². The Hall–Kier alpha value is -1.55. The number of rotatable bonds is 3. The van der Waals surface area contributed by atoms with Crippen LogP contribution in [0.15, 0.2) is 24.3 Å². The van der Waals surface area contributed by atoms with Crippen molar-refractivity contribution in [2.24, 2.45) is 5.92 Å². The highest BCUT2D eigenvalue weighted by Gasteiger charge is 2.47. The van der Waals surface area contributed by atoms with E-state index in [2.05, 4.69) is 0 Å².